The van der Waals surface area contributed by atoms with Crippen molar-refractivity contribution in [1.29, 1.82) is 0 Å². The monoisotopic (exact) mass is 187 g/mol. The van der Waals surface area contributed by atoms with E-state index in [1.54, 1.807) is 0 Å². The first kappa shape index (κ1) is 8.46. The molecule has 2 fully saturated rings. The maximum absolute atomic E-state index is 10.7. The Hall–Kier alpha value is -0.140. The van der Waals surface area contributed by atoms with Gasteiger partial charge in [0.2, 0.25) is 0 Å². The molecule has 0 amide bonds. The van der Waals surface area contributed by atoms with Gasteiger partial charge in [-0.25, -0.2) is 0 Å². The van der Waals surface area contributed by atoms with Crippen LogP contribution < -0.4 is 0 Å². The second kappa shape index (κ2) is 2.68. The molecule has 3 nitrogen and oxygen atoms in total. The number of piperidine rings is 1. The minimum absolute atomic E-state index is 0.263. The summed E-state index contributed by atoms with van der Waals surface area (Å²) < 4.78 is 1.92. The van der Waals surface area contributed by atoms with Gasteiger partial charge >= 0.3 is 5.97 Å². The van der Waals surface area contributed by atoms with Crippen LogP contribution in [-0.4, -0.2) is 28.3 Å². The highest BCUT2D eigenvalue weighted by Crippen LogP contribution is 2.53. The number of carboxylic acids is 1. The highest BCUT2D eigenvalue weighted by Gasteiger charge is 2.48. The summed E-state index contributed by atoms with van der Waals surface area (Å²) >= 11 is 0. The molecule has 1 saturated carbocycles. The van der Waals surface area contributed by atoms with Gasteiger partial charge in [0.15, 0.2) is 0 Å². The average molecular weight is 187 g/mol. The van der Waals surface area contributed by atoms with Crippen molar-refractivity contribution in [3.63, 3.8) is 0 Å². The Morgan fingerprint density at radius 2 is 2.17 bits per heavy atom. The lowest BCUT2D eigenvalue weighted by molar-refractivity contribution is -0.142. The van der Waals surface area contributed by atoms with Gasteiger partial charge in [0.25, 0.3) is 0 Å². The van der Waals surface area contributed by atoms with Crippen molar-refractivity contribution in [1.82, 2.24) is 4.67 Å². The topological polar surface area (TPSA) is 40.5 Å². The van der Waals surface area contributed by atoms with Crippen LogP contribution >= 0.6 is 9.39 Å². The van der Waals surface area contributed by atoms with Gasteiger partial charge in [-0.3, -0.25) is 9.46 Å². The molecule has 1 heterocycles. The zero-order valence-electron chi connectivity index (χ0n) is 6.99. The van der Waals surface area contributed by atoms with Crippen molar-refractivity contribution < 1.29 is 9.90 Å². The number of rotatable bonds is 1. The van der Waals surface area contributed by atoms with E-state index in [4.69, 9.17) is 5.11 Å². The van der Waals surface area contributed by atoms with Crippen LogP contribution in [0.1, 0.15) is 25.7 Å². The van der Waals surface area contributed by atoms with Gasteiger partial charge in [-0.1, -0.05) is 9.39 Å². The van der Waals surface area contributed by atoms with E-state index in [0.717, 1.165) is 19.4 Å². The van der Waals surface area contributed by atoms with Gasteiger partial charge in [0, 0.05) is 6.54 Å². The Labute approximate surface area is 74.4 Å². The van der Waals surface area contributed by atoms with E-state index in [9.17, 15) is 4.79 Å². The first-order chi connectivity index (χ1) is 5.63. The number of carboxylic acid groups (broad SMARTS) is 1. The Balaban J connectivity index is 2.00. The Morgan fingerprint density at radius 1 is 1.50 bits per heavy atom. The maximum Gasteiger partial charge on any atom is 0.321 e. The summed E-state index contributed by atoms with van der Waals surface area (Å²) in [6, 6.07) is -0.263. The lowest BCUT2D eigenvalue weighted by Gasteiger charge is -2.34. The average Bonchev–Trinajstić information content (AvgIpc) is 2.68. The molecule has 0 aromatic rings. The van der Waals surface area contributed by atoms with Crippen LogP contribution in [0.3, 0.4) is 0 Å². The molecule has 12 heavy (non-hydrogen) atoms. The molecule has 0 radical (unpaired) electrons. The van der Waals surface area contributed by atoms with Crippen molar-refractivity contribution in [2.24, 2.45) is 5.41 Å². The van der Waals surface area contributed by atoms with E-state index >= 15 is 0 Å². The van der Waals surface area contributed by atoms with Gasteiger partial charge in [-0.15, -0.1) is 0 Å². The predicted octanol–water partition coefficient (Wildman–Crippen LogP) is 1.11. The van der Waals surface area contributed by atoms with E-state index in [-0.39, 0.29) is 6.04 Å². The van der Waals surface area contributed by atoms with Crippen LogP contribution in [0.25, 0.3) is 0 Å². The third kappa shape index (κ3) is 1.36. The summed E-state index contributed by atoms with van der Waals surface area (Å²) in [7, 11) is 2.55. The maximum atomic E-state index is 10.7. The van der Waals surface area contributed by atoms with Crippen molar-refractivity contribution in [3.05, 3.63) is 0 Å². The summed E-state index contributed by atoms with van der Waals surface area (Å²) in [6.07, 6.45) is 4.52. The fourth-order valence-electron chi connectivity index (χ4n) is 2.04. The molecule has 4 heteroatoms. The van der Waals surface area contributed by atoms with Crippen LogP contribution in [-0.2, 0) is 4.79 Å². The zero-order chi connectivity index (χ0) is 8.77. The van der Waals surface area contributed by atoms with Crippen LogP contribution in [0.2, 0.25) is 0 Å². The molecule has 1 saturated heterocycles. The minimum atomic E-state index is -0.680. The third-order valence-corrected chi connectivity index (χ3v) is 3.65. The lowest BCUT2D eigenvalue weighted by atomic mass is 9.92. The van der Waals surface area contributed by atoms with Gasteiger partial charge in [0.1, 0.15) is 6.04 Å². The van der Waals surface area contributed by atoms with Gasteiger partial charge in [-0.2, -0.15) is 0 Å². The van der Waals surface area contributed by atoms with Crippen molar-refractivity contribution in [3.8, 4) is 0 Å². The number of hydrogen-bond acceptors (Lipinski definition) is 2. The third-order valence-electron chi connectivity index (χ3n) is 3.11. The molecule has 2 rings (SSSR count). The Morgan fingerprint density at radius 3 is 2.58 bits per heavy atom. The number of carbonyl (C=O) groups is 1. The molecule has 0 aromatic heterocycles. The Kier molecular flexibility index (Phi) is 1.89. The van der Waals surface area contributed by atoms with E-state index in [1.807, 2.05) is 4.67 Å². The number of aliphatic carboxylic acids is 1. The second-order valence-corrected chi connectivity index (χ2v) is 4.73. The summed E-state index contributed by atoms with van der Waals surface area (Å²) in [4.78, 5) is 10.7. The predicted molar refractivity (Wildman–Crippen MR) is 48.7 cm³/mol. The van der Waals surface area contributed by atoms with Crippen LogP contribution in [0.5, 0.6) is 0 Å². The second-order valence-electron chi connectivity index (χ2n) is 4.07. The largest absolute Gasteiger partial charge is 0.480 e. The summed E-state index contributed by atoms with van der Waals surface area (Å²) in [5.74, 6) is -0.680. The highest BCUT2D eigenvalue weighted by atomic mass is 31.0. The summed E-state index contributed by atoms with van der Waals surface area (Å²) in [5, 5.41) is 8.84. The molecule has 68 valence electrons. The molecule has 0 aromatic carbocycles. The van der Waals surface area contributed by atoms with E-state index in [1.165, 1.54) is 12.8 Å². The minimum Gasteiger partial charge on any atom is -0.480 e. The molecular formula is C8H14NO2P. The van der Waals surface area contributed by atoms with E-state index in [2.05, 4.69) is 9.39 Å². The molecule has 1 N–H and O–H groups in total. The molecule has 2 atom stereocenters. The van der Waals surface area contributed by atoms with Crippen LogP contribution in [0, 0.1) is 5.41 Å². The number of nitrogens with zero attached hydrogens (tertiary/aromatic N) is 1. The van der Waals surface area contributed by atoms with Gasteiger partial charge < -0.3 is 5.11 Å². The lowest BCUT2D eigenvalue weighted by Crippen LogP contribution is -2.42. The van der Waals surface area contributed by atoms with Crippen molar-refractivity contribution in [2.75, 3.05) is 6.54 Å². The highest BCUT2D eigenvalue weighted by molar-refractivity contribution is 7.13. The molecule has 1 aliphatic carbocycles. The van der Waals surface area contributed by atoms with E-state index in [0.29, 0.717) is 5.41 Å². The van der Waals surface area contributed by atoms with Crippen LogP contribution in [0.15, 0.2) is 0 Å². The zero-order valence-corrected chi connectivity index (χ0v) is 8.15. The smallest absolute Gasteiger partial charge is 0.321 e. The first-order valence-electron chi connectivity index (χ1n) is 4.37. The van der Waals surface area contributed by atoms with Gasteiger partial charge in [-0.05, 0) is 31.1 Å². The van der Waals surface area contributed by atoms with E-state index < -0.39 is 5.97 Å². The Bertz CT molecular complexity index is 215. The van der Waals surface area contributed by atoms with Crippen LogP contribution in [0.4, 0.5) is 0 Å². The normalized spacial score (nSPS) is 33.6. The van der Waals surface area contributed by atoms with Crippen molar-refractivity contribution >= 4 is 15.4 Å². The van der Waals surface area contributed by atoms with Gasteiger partial charge in [0.05, 0.1) is 0 Å². The summed E-state index contributed by atoms with van der Waals surface area (Å²) in [5.41, 5.74) is 0.508. The fraction of sp³-hybridized carbons (Fsp3) is 0.875. The number of hydrogen-bond donors (Lipinski definition) is 1. The summed E-state index contributed by atoms with van der Waals surface area (Å²) in [6.45, 7) is 0.953. The molecule has 0 bridgehead atoms. The molecular weight excluding hydrogens is 173 g/mol. The quantitative estimate of drug-likeness (QED) is 0.625. The van der Waals surface area contributed by atoms with Crippen molar-refractivity contribution in [2.45, 2.75) is 31.7 Å². The molecule has 1 spiro atoms. The molecule has 2 aliphatic rings. The first-order valence-corrected chi connectivity index (χ1v) is 4.89. The SMILES string of the molecule is O=C(O)[C@@H]1CCC2(CC2)CN1P. The molecule has 1 aliphatic heterocycles. The fourth-order valence-corrected chi connectivity index (χ4v) is 2.70. The standard InChI is InChI=1S/C8H14NO2P/c10-7(11)6-1-2-8(3-4-8)5-9(6)12/h6H,1-5,12H2,(H,10,11)/t6-/m0/s1. The molecule has 1 unspecified atom stereocenters.